The Labute approximate surface area is 114 Å². The largest absolute Gasteiger partial charge is 0.481 e. The molecule has 3 N–H and O–H groups in total. The van der Waals surface area contributed by atoms with E-state index in [2.05, 4.69) is 0 Å². The molecule has 0 radical (unpaired) electrons. The molecule has 0 atom stereocenters. The Morgan fingerprint density at radius 1 is 1.16 bits per heavy atom. The molecule has 5 heteroatoms. The summed E-state index contributed by atoms with van der Waals surface area (Å²) in [7, 11) is 0. The van der Waals surface area contributed by atoms with E-state index in [1.165, 1.54) is 0 Å². The zero-order valence-corrected chi connectivity index (χ0v) is 11.4. The van der Waals surface area contributed by atoms with Crippen molar-refractivity contribution in [1.29, 1.82) is 0 Å². The van der Waals surface area contributed by atoms with Gasteiger partial charge >= 0.3 is 5.97 Å². The number of rotatable bonds is 4. The number of likely N-dealkylation sites (tertiary alicyclic amines) is 1. The number of carboxylic acid groups (broad SMARTS) is 1. The molecule has 1 aliphatic carbocycles. The maximum atomic E-state index is 12.3. The van der Waals surface area contributed by atoms with Crippen molar-refractivity contribution < 1.29 is 14.7 Å². The zero-order chi connectivity index (χ0) is 13.9. The summed E-state index contributed by atoms with van der Waals surface area (Å²) in [5, 5.41) is 9.06. The first-order valence-electron chi connectivity index (χ1n) is 7.26. The van der Waals surface area contributed by atoms with Gasteiger partial charge < -0.3 is 15.7 Å². The Morgan fingerprint density at radius 2 is 1.74 bits per heavy atom. The van der Waals surface area contributed by atoms with Gasteiger partial charge in [-0.3, -0.25) is 9.59 Å². The van der Waals surface area contributed by atoms with Crippen LogP contribution >= 0.6 is 0 Å². The molecule has 19 heavy (non-hydrogen) atoms. The predicted octanol–water partition coefficient (Wildman–Crippen LogP) is 1.36. The predicted molar refractivity (Wildman–Crippen MR) is 71.6 cm³/mol. The fourth-order valence-electron chi connectivity index (χ4n) is 3.44. The summed E-state index contributed by atoms with van der Waals surface area (Å²) in [6.07, 6.45) is 6.09. The summed E-state index contributed by atoms with van der Waals surface area (Å²) < 4.78 is 0. The Kier molecular flexibility index (Phi) is 4.45. The molecule has 2 fully saturated rings. The van der Waals surface area contributed by atoms with Crippen molar-refractivity contribution in [3.8, 4) is 0 Å². The maximum absolute atomic E-state index is 12.3. The van der Waals surface area contributed by atoms with E-state index in [1.807, 2.05) is 4.90 Å². The van der Waals surface area contributed by atoms with Crippen molar-refractivity contribution >= 4 is 11.9 Å². The van der Waals surface area contributed by atoms with Crippen LogP contribution in [0.3, 0.4) is 0 Å². The van der Waals surface area contributed by atoms with Crippen molar-refractivity contribution in [2.75, 3.05) is 13.1 Å². The van der Waals surface area contributed by atoms with Crippen LogP contribution in [0.25, 0.3) is 0 Å². The van der Waals surface area contributed by atoms with Gasteiger partial charge in [-0.05, 0) is 31.1 Å². The minimum Gasteiger partial charge on any atom is -0.481 e. The van der Waals surface area contributed by atoms with Crippen LogP contribution in [0.2, 0.25) is 0 Å². The van der Waals surface area contributed by atoms with E-state index in [1.54, 1.807) is 0 Å². The Bertz CT molecular complexity index is 343. The quantitative estimate of drug-likeness (QED) is 0.806. The molecule has 0 spiro atoms. The summed E-state index contributed by atoms with van der Waals surface area (Å²) >= 11 is 0. The number of nitrogens with two attached hydrogens (primary N) is 1. The number of aliphatic carboxylic acids is 1. The molecule has 2 aliphatic rings. The lowest BCUT2D eigenvalue weighted by Crippen LogP contribution is -2.44. The summed E-state index contributed by atoms with van der Waals surface area (Å²) in [5.41, 5.74) is 5.55. The van der Waals surface area contributed by atoms with Gasteiger partial charge in [0.2, 0.25) is 5.91 Å². The first-order chi connectivity index (χ1) is 9.01. The first kappa shape index (κ1) is 14.3. The Morgan fingerprint density at radius 3 is 2.26 bits per heavy atom. The molecule has 1 amide bonds. The van der Waals surface area contributed by atoms with E-state index < -0.39 is 5.97 Å². The highest BCUT2D eigenvalue weighted by Gasteiger charge is 2.39. The number of piperidine rings is 1. The first-order valence-corrected chi connectivity index (χ1v) is 7.26. The summed E-state index contributed by atoms with van der Waals surface area (Å²) in [6, 6.07) is 0.212. The standard InChI is InChI=1S/C14H24N2O3/c15-11-3-7-16(8-4-11)12(17)9-14(10-13(18)19)5-1-2-6-14/h11H,1-10,15H2,(H,18,19). The lowest BCUT2D eigenvalue weighted by Gasteiger charge is -2.34. The topological polar surface area (TPSA) is 83.6 Å². The second-order valence-corrected chi connectivity index (χ2v) is 6.17. The van der Waals surface area contributed by atoms with E-state index in [0.717, 1.165) is 51.6 Å². The van der Waals surface area contributed by atoms with Crippen molar-refractivity contribution in [3.05, 3.63) is 0 Å². The number of carbonyl (C=O) groups is 2. The SMILES string of the molecule is NC1CCN(C(=O)CC2(CC(=O)O)CCCC2)CC1. The number of nitrogens with zero attached hydrogens (tertiary/aromatic N) is 1. The van der Waals surface area contributed by atoms with Crippen LogP contribution in [0, 0.1) is 5.41 Å². The van der Waals surface area contributed by atoms with Crippen LogP contribution in [0.15, 0.2) is 0 Å². The fraction of sp³-hybridized carbons (Fsp3) is 0.857. The van der Waals surface area contributed by atoms with Gasteiger partial charge in [-0.1, -0.05) is 12.8 Å². The molecule has 0 aromatic rings. The van der Waals surface area contributed by atoms with Crippen molar-refractivity contribution in [3.63, 3.8) is 0 Å². The molecule has 5 nitrogen and oxygen atoms in total. The summed E-state index contributed by atoms with van der Waals surface area (Å²) in [5.74, 6) is -0.662. The molecular formula is C14H24N2O3. The highest BCUT2D eigenvalue weighted by molar-refractivity contribution is 5.78. The normalized spacial score (nSPS) is 23.5. The molecule has 1 aliphatic heterocycles. The van der Waals surface area contributed by atoms with Crippen molar-refractivity contribution in [1.82, 2.24) is 4.90 Å². The van der Waals surface area contributed by atoms with Gasteiger partial charge in [0, 0.05) is 25.6 Å². The van der Waals surface area contributed by atoms with Gasteiger partial charge in [-0.25, -0.2) is 0 Å². The Balaban J connectivity index is 1.93. The number of hydrogen-bond donors (Lipinski definition) is 2. The highest BCUT2D eigenvalue weighted by atomic mass is 16.4. The molecule has 0 bridgehead atoms. The number of amides is 1. The third-order valence-corrected chi connectivity index (χ3v) is 4.61. The number of hydrogen-bond acceptors (Lipinski definition) is 3. The second kappa shape index (κ2) is 5.90. The van der Waals surface area contributed by atoms with Gasteiger partial charge in [0.15, 0.2) is 0 Å². The number of carbonyl (C=O) groups excluding carboxylic acids is 1. The third kappa shape index (κ3) is 3.69. The molecule has 0 aromatic heterocycles. The van der Waals surface area contributed by atoms with Crippen LogP contribution in [0.5, 0.6) is 0 Å². The average molecular weight is 268 g/mol. The average Bonchev–Trinajstić information content (AvgIpc) is 2.77. The van der Waals surface area contributed by atoms with Crippen molar-refractivity contribution in [2.24, 2.45) is 11.1 Å². The van der Waals surface area contributed by atoms with Crippen LogP contribution in [-0.2, 0) is 9.59 Å². The summed E-state index contributed by atoms with van der Waals surface area (Å²) in [4.78, 5) is 25.2. The lowest BCUT2D eigenvalue weighted by atomic mass is 9.79. The summed E-state index contributed by atoms with van der Waals surface area (Å²) in [6.45, 7) is 1.45. The third-order valence-electron chi connectivity index (χ3n) is 4.61. The van der Waals surface area contributed by atoms with Crippen LogP contribution in [0.4, 0.5) is 0 Å². The van der Waals surface area contributed by atoms with Gasteiger partial charge in [-0.2, -0.15) is 0 Å². The molecule has 1 saturated heterocycles. The van der Waals surface area contributed by atoms with E-state index in [-0.39, 0.29) is 23.8 Å². The van der Waals surface area contributed by atoms with E-state index in [9.17, 15) is 9.59 Å². The Hall–Kier alpha value is -1.10. The fourth-order valence-corrected chi connectivity index (χ4v) is 3.44. The van der Waals surface area contributed by atoms with E-state index in [4.69, 9.17) is 10.8 Å². The zero-order valence-electron chi connectivity index (χ0n) is 11.4. The molecule has 0 aromatic carbocycles. The minimum absolute atomic E-state index is 0.120. The molecule has 0 unspecified atom stereocenters. The monoisotopic (exact) mass is 268 g/mol. The molecular weight excluding hydrogens is 244 g/mol. The van der Waals surface area contributed by atoms with Crippen molar-refractivity contribution in [2.45, 2.75) is 57.4 Å². The smallest absolute Gasteiger partial charge is 0.303 e. The van der Waals surface area contributed by atoms with Gasteiger partial charge in [0.05, 0.1) is 6.42 Å². The van der Waals surface area contributed by atoms with Crippen LogP contribution in [0.1, 0.15) is 51.4 Å². The van der Waals surface area contributed by atoms with Crippen LogP contribution < -0.4 is 5.73 Å². The van der Waals surface area contributed by atoms with Gasteiger partial charge in [0.1, 0.15) is 0 Å². The minimum atomic E-state index is -0.782. The lowest BCUT2D eigenvalue weighted by molar-refractivity contribution is -0.141. The molecule has 108 valence electrons. The number of carboxylic acids is 1. The molecule has 1 saturated carbocycles. The maximum Gasteiger partial charge on any atom is 0.303 e. The highest BCUT2D eigenvalue weighted by Crippen LogP contribution is 2.44. The van der Waals surface area contributed by atoms with Crippen LogP contribution in [-0.4, -0.2) is 41.0 Å². The van der Waals surface area contributed by atoms with E-state index in [0.29, 0.717) is 6.42 Å². The second-order valence-electron chi connectivity index (χ2n) is 6.17. The molecule has 2 rings (SSSR count). The van der Waals surface area contributed by atoms with E-state index >= 15 is 0 Å². The van der Waals surface area contributed by atoms with Gasteiger partial charge in [0.25, 0.3) is 0 Å². The van der Waals surface area contributed by atoms with Gasteiger partial charge in [-0.15, -0.1) is 0 Å². The molecule has 1 heterocycles.